The summed E-state index contributed by atoms with van der Waals surface area (Å²) in [7, 11) is 4.09. The van der Waals surface area contributed by atoms with E-state index in [4.69, 9.17) is 16.2 Å². The van der Waals surface area contributed by atoms with E-state index in [1.807, 2.05) is 39.2 Å². The molecule has 5 N–H and O–H groups in total. The van der Waals surface area contributed by atoms with Crippen molar-refractivity contribution in [3.63, 3.8) is 0 Å². The minimum atomic E-state index is -0.255. The third-order valence-corrected chi connectivity index (χ3v) is 5.93. The molecule has 0 saturated heterocycles. The third kappa shape index (κ3) is 4.75. The van der Waals surface area contributed by atoms with Crippen LogP contribution in [0.25, 0.3) is 11.3 Å². The Morgan fingerprint density at radius 2 is 2.03 bits per heavy atom. The minimum Gasteiger partial charge on any atom is -0.508 e. The molecule has 0 unspecified atom stereocenters. The van der Waals surface area contributed by atoms with Crippen LogP contribution in [0.5, 0.6) is 5.75 Å². The number of carbonyl (C=O) groups is 1. The first-order chi connectivity index (χ1) is 15.7. The maximum atomic E-state index is 12.6. The van der Waals surface area contributed by atoms with E-state index in [0.717, 1.165) is 42.8 Å². The Hall–Kier alpha value is -3.65. The Bertz CT molecular complexity index is 1230. The van der Waals surface area contributed by atoms with Crippen molar-refractivity contribution in [3.05, 3.63) is 64.3 Å². The van der Waals surface area contributed by atoms with Crippen molar-refractivity contribution in [2.24, 2.45) is 5.73 Å². The zero-order valence-electron chi connectivity index (χ0n) is 19.3. The maximum Gasteiger partial charge on any atom is 0.228 e. The van der Waals surface area contributed by atoms with Gasteiger partial charge in [-0.2, -0.15) is 5.10 Å². The summed E-state index contributed by atoms with van der Waals surface area (Å²) in [4.78, 5) is 14.7. The van der Waals surface area contributed by atoms with Gasteiger partial charge in [0.25, 0.3) is 0 Å². The molecule has 1 amide bonds. The molecule has 8 heteroatoms. The van der Waals surface area contributed by atoms with E-state index >= 15 is 0 Å². The normalized spacial score (nSPS) is 12.7. The average Bonchev–Trinajstić information content (AvgIpc) is 3.33. The van der Waals surface area contributed by atoms with Gasteiger partial charge >= 0.3 is 0 Å². The number of benzene rings is 2. The van der Waals surface area contributed by atoms with Gasteiger partial charge < -0.3 is 16.2 Å². The smallest absolute Gasteiger partial charge is 0.228 e. The highest BCUT2D eigenvalue weighted by Crippen LogP contribution is 2.34. The molecular weight excluding hydrogens is 416 g/mol. The first-order valence-corrected chi connectivity index (χ1v) is 11.0. The fourth-order valence-corrected chi connectivity index (χ4v) is 4.39. The quantitative estimate of drug-likeness (QED) is 0.328. The highest BCUT2D eigenvalue weighted by molar-refractivity contribution is 5.96. The third-order valence-electron chi connectivity index (χ3n) is 5.93. The molecule has 0 saturated carbocycles. The molecule has 3 aromatic rings. The Morgan fingerprint density at radius 1 is 1.24 bits per heavy atom. The van der Waals surface area contributed by atoms with Gasteiger partial charge in [-0.1, -0.05) is 6.07 Å². The molecule has 8 nitrogen and oxygen atoms in total. The second kappa shape index (κ2) is 9.07. The van der Waals surface area contributed by atoms with Crippen molar-refractivity contribution in [2.45, 2.75) is 39.3 Å². The van der Waals surface area contributed by atoms with Crippen LogP contribution >= 0.6 is 0 Å². The number of amides is 1. The first kappa shape index (κ1) is 22.5. The van der Waals surface area contributed by atoms with Crippen LogP contribution in [-0.2, 0) is 30.7 Å². The summed E-state index contributed by atoms with van der Waals surface area (Å²) < 4.78 is 2.11. The molecule has 0 fully saturated rings. The molecule has 0 spiro atoms. The Kier molecular flexibility index (Phi) is 6.20. The van der Waals surface area contributed by atoms with Gasteiger partial charge in [-0.05, 0) is 76.2 Å². The number of aromatic nitrogens is 2. The summed E-state index contributed by atoms with van der Waals surface area (Å²) in [6.07, 6.45) is 3.23. The van der Waals surface area contributed by atoms with E-state index in [2.05, 4.69) is 14.9 Å². The number of anilines is 1. The molecule has 172 valence electrons. The van der Waals surface area contributed by atoms with Gasteiger partial charge in [0, 0.05) is 33.6 Å². The van der Waals surface area contributed by atoms with Crippen molar-refractivity contribution in [1.82, 2.24) is 14.7 Å². The summed E-state index contributed by atoms with van der Waals surface area (Å²) >= 11 is 0. The van der Waals surface area contributed by atoms with Crippen molar-refractivity contribution in [3.8, 4) is 17.0 Å². The lowest BCUT2D eigenvalue weighted by Crippen LogP contribution is -2.19. The van der Waals surface area contributed by atoms with Crippen LogP contribution < -0.4 is 11.1 Å². The number of aromatic hydroxyl groups is 1. The zero-order valence-corrected chi connectivity index (χ0v) is 19.3. The fraction of sp³-hybridized carbons (Fsp3) is 0.320. The van der Waals surface area contributed by atoms with E-state index < -0.39 is 0 Å². The molecule has 33 heavy (non-hydrogen) atoms. The summed E-state index contributed by atoms with van der Waals surface area (Å²) in [5.41, 5.74) is 12.9. The molecule has 2 aromatic carbocycles. The van der Waals surface area contributed by atoms with Crippen LogP contribution in [-0.4, -0.2) is 45.6 Å². The Labute approximate surface area is 193 Å². The van der Waals surface area contributed by atoms with Crippen LogP contribution in [0.15, 0.2) is 36.4 Å². The molecule has 0 atom stereocenters. The summed E-state index contributed by atoms with van der Waals surface area (Å²) in [6.45, 7) is 2.78. The molecule has 0 bridgehead atoms. The van der Waals surface area contributed by atoms with Gasteiger partial charge in [0.05, 0.1) is 18.8 Å². The van der Waals surface area contributed by atoms with Crippen LogP contribution in [0.3, 0.4) is 0 Å². The largest absolute Gasteiger partial charge is 0.508 e. The molecule has 1 aromatic heterocycles. The Morgan fingerprint density at radius 3 is 2.73 bits per heavy atom. The second-order valence-corrected chi connectivity index (χ2v) is 8.86. The molecule has 0 aliphatic heterocycles. The van der Waals surface area contributed by atoms with Gasteiger partial charge in [0.15, 0.2) is 0 Å². The zero-order chi connectivity index (χ0) is 23.7. The number of hydrogen-bond donors (Lipinski definition) is 4. The number of phenols is 1. The first-order valence-electron chi connectivity index (χ1n) is 11.0. The van der Waals surface area contributed by atoms with Crippen molar-refractivity contribution in [2.75, 3.05) is 19.4 Å². The number of fused-ring (bicyclic) bond motifs is 1. The number of nitrogens with one attached hydrogen (secondary N) is 2. The number of nitrogens with two attached hydrogens (primary N) is 1. The second-order valence-electron chi connectivity index (χ2n) is 8.86. The van der Waals surface area contributed by atoms with E-state index in [1.165, 1.54) is 17.3 Å². The maximum absolute atomic E-state index is 12.6. The molecule has 4 rings (SSSR count). The number of aryl methyl sites for hydroxylation is 1. The SMILES string of the molecule is Cc1cc(NC(=O)Cc2cc(C(=N)N)ccc2O)ccc1-c1nn(CN(C)C)c2c1CCC2. The van der Waals surface area contributed by atoms with Crippen LogP contribution in [0, 0.1) is 12.3 Å². The molecule has 0 radical (unpaired) electrons. The highest BCUT2D eigenvalue weighted by Gasteiger charge is 2.24. The average molecular weight is 447 g/mol. The summed E-state index contributed by atoms with van der Waals surface area (Å²) in [5.74, 6) is -0.361. The lowest BCUT2D eigenvalue weighted by atomic mass is 10.0. The molecule has 1 aliphatic rings. The predicted molar refractivity (Wildman–Crippen MR) is 130 cm³/mol. The molecular formula is C25H30N6O2. The van der Waals surface area contributed by atoms with Crippen LogP contribution in [0.4, 0.5) is 5.69 Å². The number of hydrogen-bond acceptors (Lipinski definition) is 5. The van der Waals surface area contributed by atoms with Crippen molar-refractivity contribution >= 4 is 17.4 Å². The lowest BCUT2D eigenvalue weighted by molar-refractivity contribution is -0.115. The van der Waals surface area contributed by atoms with Crippen molar-refractivity contribution < 1.29 is 9.90 Å². The number of carbonyl (C=O) groups excluding carboxylic acids is 1. The van der Waals surface area contributed by atoms with E-state index in [9.17, 15) is 9.90 Å². The Balaban J connectivity index is 1.53. The highest BCUT2D eigenvalue weighted by atomic mass is 16.3. The number of phenolic OH excluding ortho intramolecular Hbond substituents is 1. The fourth-order valence-electron chi connectivity index (χ4n) is 4.39. The number of amidine groups is 1. The lowest BCUT2D eigenvalue weighted by Gasteiger charge is -2.12. The van der Waals surface area contributed by atoms with Gasteiger partial charge in [-0.3, -0.25) is 19.8 Å². The summed E-state index contributed by atoms with van der Waals surface area (Å²) in [6, 6.07) is 10.4. The van der Waals surface area contributed by atoms with Gasteiger partial charge in [0.1, 0.15) is 11.6 Å². The number of nitrogen functional groups attached to an aromatic ring is 1. The number of nitrogens with zero attached hydrogens (tertiary/aromatic N) is 3. The van der Waals surface area contributed by atoms with E-state index in [1.54, 1.807) is 12.1 Å². The van der Waals surface area contributed by atoms with Crippen molar-refractivity contribution in [1.29, 1.82) is 5.41 Å². The summed E-state index contributed by atoms with van der Waals surface area (Å²) in [5, 5.41) is 25.4. The van der Waals surface area contributed by atoms with Crippen LogP contribution in [0.2, 0.25) is 0 Å². The molecule has 1 aliphatic carbocycles. The van der Waals surface area contributed by atoms with E-state index in [-0.39, 0.29) is 23.9 Å². The minimum absolute atomic E-state index is 0.00356. The van der Waals surface area contributed by atoms with Crippen LogP contribution in [0.1, 0.15) is 34.4 Å². The topological polar surface area (TPSA) is 120 Å². The standard InChI is InChI=1S/C25H30N6O2/c1-15-11-18(28-23(33)13-17-12-16(25(26)27)7-10-22(17)32)8-9-19(15)24-20-5-4-6-21(20)31(29-24)14-30(2)3/h7-12,32H,4-6,13-14H2,1-3H3,(H3,26,27)(H,28,33). The predicted octanol–water partition coefficient (Wildman–Crippen LogP) is 3.04. The monoisotopic (exact) mass is 446 g/mol. The van der Waals surface area contributed by atoms with Gasteiger partial charge in [0.2, 0.25) is 5.91 Å². The van der Waals surface area contributed by atoms with Gasteiger partial charge in [-0.15, -0.1) is 0 Å². The molecule has 1 heterocycles. The number of rotatable bonds is 7. The van der Waals surface area contributed by atoms with E-state index in [0.29, 0.717) is 16.8 Å². The van der Waals surface area contributed by atoms with Gasteiger partial charge in [-0.25, -0.2) is 0 Å².